The van der Waals surface area contributed by atoms with E-state index in [9.17, 15) is 5.11 Å². The summed E-state index contributed by atoms with van der Waals surface area (Å²) < 4.78 is 7.56. The first-order valence-electron chi connectivity index (χ1n) is 5.46. The number of rotatable bonds is 3. The van der Waals surface area contributed by atoms with Crippen LogP contribution in [0.4, 0.5) is 0 Å². The van der Waals surface area contributed by atoms with Gasteiger partial charge in [0.05, 0.1) is 18.3 Å². The van der Waals surface area contributed by atoms with Crippen molar-refractivity contribution in [2.75, 3.05) is 0 Å². The molecule has 0 radical (unpaired) electrons. The Hall–Kier alpha value is -0.870. The van der Waals surface area contributed by atoms with Crippen LogP contribution in [0, 0.1) is 0 Å². The second kappa shape index (κ2) is 4.33. The van der Waals surface area contributed by atoms with Gasteiger partial charge in [0, 0.05) is 25.9 Å². The van der Waals surface area contributed by atoms with Crippen molar-refractivity contribution >= 4 is 0 Å². The van der Waals surface area contributed by atoms with E-state index >= 15 is 0 Å². The number of aryl methyl sites for hydroxylation is 1. The lowest BCUT2D eigenvalue weighted by Crippen LogP contribution is -2.29. The number of hydrogen-bond donors (Lipinski definition) is 1. The Morgan fingerprint density at radius 1 is 1.67 bits per heavy atom. The SMILES string of the molecule is CC1CCC(C(O)Cc2nccn2C)O1. The van der Waals surface area contributed by atoms with Crippen molar-refractivity contribution in [2.45, 2.75) is 44.5 Å². The van der Waals surface area contributed by atoms with Gasteiger partial charge in [-0.3, -0.25) is 0 Å². The molecule has 84 valence electrons. The molecule has 1 aromatic heterocycles. The number of imidazole rings is 1. The third-order valence-corrected chi connectivity index (χ3v) is 3.01. The van der Waals surface area contributed by atoms with Gasteiger partial charge in [0.25, 0.3) is 0 Å². The summed E-state index contributed by atoms with van der Waals surface area (Å²) >= 11 is 0. The lowest BCUT2D eigenvalue weighted by Gasteiger charge is -2.17. The van der Waals surface area contributed by atoms with E-state index in [0.717, 1.165) is 18.7 Å². The van der Waals surface area contributed by atoms with Crippen LogP contribution < -0.4 is 0 Å². The van der Waals surface area contributed by atoms with Crippen LogP contribution in [0.2, 0.25) is 0 Å². The molecule has 0 spiro atoms. The number of nitrogens with zero attached hydrogens (tertiary/aromatic N) is 2. The van der Waals surface area contributed by atoms with Crippen LogP contribution in [-0.2, 0) is 18.2 Å². The van der Waals surface area contributed by atoms with Crippen LogP contribution in [-0.4, -0.2) is 33.0 Å². The molecule has 3 atom stereocenters. The van der Waals surface area contributed by atoms with Crippen molar-refractivity contribution in [1.29, 1.82) is 0 Å². The fourth-order valence-electron chi connectivity index (χ4n) is 2.03. The number of aliphatic hydroxyl groups is 1. The molecule has 2 heterocycles. The molecule has 3 unspecified atom stereocenters. The topological polar surface area (TPSA) is 47.3 Å². The number of aliphatic hydroxyl groups excluding tert-OH is 1. The highest BCUT2D eigenvalue weighted by Gasteiger charge is 2.28. The fourth-order valence-corrected chi connectivity index (χ4v) is 2.03. The van der Waals surface area contributed by atoms with Gasteiger partial charge in [-0.2, -0.15) is 0 Å². The molecular weight excluding hydrogens is 192 g/mol. The highest BCUT2D eigenvalue weighted by Crippen LogP contribution is 2.23. The van der Waals surface area contributed by atoms with Gasteiger partial charge in [-0.15, -0.1) is 0 Å². The van der Waals surface area contributed by atoms with Gasteiger partial charge >= 0.3 is 0 Å². The maximum Gasteiger partial charge on any atom is 0.111 e. The van der Waals surface area contributed by atoms with E-state index in [2.05, 4.69) is 4.98 Å². The molecule has 4 nitrogen and oxygen atoms in total. The van der Waals surface area contributed by atoms with Gasteiger partial charge < -0.3 is 14.4 Å². The van der Waals surface area contributed by atoms with E-state index in [-0.39, 0.29) is 12.2 Å². The van der Waals surface area contributed by atoms with Gasteiger partial charge in [0.2, 0.25) is 0 Å². The van der Waals surface area contributed by atoms with Crippen molar-refractivity contribution in [3.8, 4) is 0 Å². The smallest absolute Gasteiger partial charge is 0.111 e. The van der Waals surface area contributed by atoms with Crippen LogP contribution in [0.1, 0.15) is 25.6 Å². The van der Waals surface area contributed by atoms with Crippen molar-refractivity contribution in [1.82, 2.24) is 9.55 Å². The summed E-state index contributed by atoms with van der Waals surface area (Å²) in [7, 11) is 1.94. The summed E-state index contributed by atoms with van der Waals surface area (Å²) in [6, 6.07) is 0. The number of aromatic nitrogens is 2. The second-order valence-corrected chi connectivity index (χ2v) is 4.29. The maximum absolute atomic E-state index is 9.98. The zero-order valence-corrected chi connectivity index (χ0v) is 9.26. The molecule has 15 heavy (non-hydrogen) atoms. The fraction of sp³-hybridized carbons (Fsp3) is 0.727. The Bertz CT molecular complexity index is 324. The van der Waals surface area contributed by atoms with Crippen LogP contribution in [0.3, 0.4) is 0 Å². The highest BCUT2D eigenvalue weighted by atomic mass is 16.5. The van der Waals surface area contributed by atoms with E-state index in [4.69, 9.17) is 4.74 Å². The molecule has 1 aliphatic rings. The molecule has 1 aromatic rings. The molecule has 2 rings (SSSR count). The van der Waals surface area contributed by atoms with Gasteiger partial charge in [-0.25, -0.2) is 4.98 Å². The Balaban J connectivity index is 1.92. The summed E-state index contributed by atoms with van der Waals surface area (Å²) in [6.07, 6.45) is 6.04. The molecule has 4 heteroatoms. The Morgan fingerprint density at radius 3 is 3.00 bits per heavy atom. The van der Waals surface area contributed by atoms with Crippen molar-refractivity contribution in [3.63, 3.8) is 0 Å². The zero-order valence-electron chi connectivity index (χ0n) is 9.26. The monoisotopic (exact) mass is 210 g/mol. The molecular formula is C11H18N2O2. The Morgan fingerprint density at radius 2 is 2.47 bits per heavy atom. The number of ether oxygens (including phenoxy) is 1. The van der Waals surface area contributed by atoms with Crippen molar-refractivity contribution in [2.24, 2.45) is 7.05 Å². The largest absolute Gasteiger partial charge is 0.390 e. The predicted molar refractivity (Wildman–Crippen MR) is 56.5 cm³/mol. The molecule has 0 bridgehead atoms. The summed E-state index contributed by atoms with van der Waals surface area (Å²) in [6.45, 7) is 2.05. The highest BCUT2D eigenvalue weighted by molar-refractivity contribution is 4.95. The van der Waals surface area contributed by atoms with Crippen LogP contribution in [0.5, 0.6) is 0 Å². The first-order chi connectivity index (χ1) is 7.16. The third-order valence-electron chi connectivity index (χ3n) is 3.01. The molecule has 0 aromatic carbocycles. The van der Waals surface area contributed by atoms with Crippen molar-refractivity contribution < 1.29 is 9.84 Å². The molecule has 0 amide bonds. The third kappa shape index (κ3) is 2.38. The van der Waals surface area contributed by atoms with E-state index in [1.54, 1.807) is 6.20 Å². The second-order valence-electron chi connectivity index (χ2n) is 4.29. The standard InChI is InChI=1S/C11H18N2O2/c1-8-3-4-10(15-8)9(14)7-11-12-5-6-13(11)2/h5-6,8-10,14H,3-4,7H2,1-2H3. The maximum atomic E-state index is 9.98. The minimum atomic E-state index is -0.434. The normalized spacial score (nSPS) is 28.2. The van der Waals surface area contributed by atoms with E-state index in [1.165, 1.54) is 0 Å². The predicted octanol–water partition coefficient (Wildman–Crippen LogP) is 0.891. The first kappa shape index (κ1) is 10.6. The minimum absolute atomic E-state index is 0.0169. The average molecular weight is 210 g/mol. The van der Waals surface area contributed by atoms with Gasteiger partial charge in [-0.1, -0.05) is 0 Å². The summed E-state index contributed by atoms with van der Waals surface area (Å²) in [5.41, 5.74) is 0. The first-order valence-corrected chi connectivity index (χ1v) is 5.46. The van der Waals surface area contributed by atoms with Gasteiger partial charge in [0.1, 0.15) is 5.82 Å². The van der Waals surface area contributed by atoms with Gasteiger partial charge in [-0.05, 0) is 19.8 Å². The van der Waals surface area contributed by atoms with Crippen LogP contribution in [0.15, 0.2) is 12.4 Å². The number of hydrogen-bond acceptors (Lipinski definition) is 3. The molecule has 1 aliphatic heterocycles. The quantitative estimate of drug-likeness (QED) is 0.806. The Labute approximate surface area is 89.9 Å². The lowest BCUT2D eigenvalue weighted by atomic mass is 10.1. The molecule has 0 aliphatic carbocycles. The average Bonchev–Trinajstić information content (AvgIpc) is 2.77. The van der Waals surface area contributed by atoms with Crippen LogP contribution in [0.25, 0.3) is 0 Å². The minimum Gasteiger partial charge on any atom is -0.390 e. The molecule has 0 saturated carbocycles. The Kier molecular flexibility index (Phi) is 3.07. The van der Waals surface area contributed by atoms with E-state index < -0.39 is 6.10 Å². The summed E-state index contributed by atoms with van der Waals surface area (Å²) in [5, 5.41) is 9.98. The molecule has 1 fully saturated rings. The lowest BCUT2D eigenvalue weighted by molar-refractivity contribution is -0.0287. The molecule has 1 N–H and O–H groups in total. The summed E-state index contributed by atoms with van der Waals surface area (Å²) in [5.74, 6) is 0.908. The van der Waals surface area contributed by atoms with Gasteiger partial charge in [0.15, 0.2) is 0 Å². The van der Waals surface area contributed by atoms with Crippen molar-refractivity contribution in [3.05, 3.63) is 18.2 Å². The molecule has 1 saturated heterocycles. The zero-order chi connectivity index (χ0) is 10.8. The van der Waals surface area contributed by atoms with E-state index in [0.29, 0.717) is 6.42 Å². The van der Waals surface area contributed by atoms with E-state index in [1.807, 2.05) is 24.7 Å². The van der Waals surface area contributed by atoms with Crippen LogP contribution >= 0.6 is 0 Å². The summed E-state index contributed by atoms with van der Waals surface area (Å²) in [4.78, 5) is 4.19.